The number of rotatable bonds is 3. The van der Waals surface area contributed by atoms with Gasteiger partial charge in [0.25, 0.3) is 0 Å². The summed E-state index contributed by atoms with van der Waals surface area (Å²) in [7, 11) is 3.61. The number of carbonyl (C=O) groups is 2. The number of aldehydes is 1. The zero-order chi connectivity index (χ0) is 14.7. The molecule has 1 amide bonds. The van der Waals surface area contributed by atoms with E-state index in [1.165, 1.54) is 0 Å². The minimum absolute atomic E-state index is 0.116. The Hall–Kier alpha value is -1.84. The summed E-state index contributed by atoms with van der Waals surface area (Å²) in [4.78, 5) is 27.0. The third-order valence-corrected chi connectivity index (χ3v) is 3.94. The van der Waals surface area contributed by atoms with Crippen molar-refractivity contribution in [3.63, 3.8) is 0 Å². The molecule has 20 heavy (non-hydrogen) atoms. The summed E-state index contributed by atoms with van der Waals surface area (Å²) in [6.45, 7) is 3.68. The van der Waals surface area contributed by atoms with Gasteiger partial charge in [-0.15, -0.1) is 0 Å². The number of piperidine rings is 1. The lowest BCUT2D eigenvalue weighted by Gasteiger charge is -2.34. The molecule has 0 unspecified atom stereocenters. The molecule has 0 saturated carbocycles. The largest absolute Gasteiger partial charge is 0.371 e. The van der Waals surface area contributed by atoms with E-state index in [0.717, 1.165) is 49.0 Å². The summed E-state index contributed by atoms with van der Waals surface area (Å²) in [5, 5.41) is 0. The third-order valence-electron chi connectivity index (χ3n) is 3.94. The second-order valence-electron chi connectivity index (χ2n) is 5.67. The van der Waals surface area contributed by atoms with Crippen molar-refractivity contribution < 1.29 is 9.59 Å². The highest BCUT2D eigenvalue weighted by molar-refractivity contribution is 5.85. The molecule has 2 rings (SSSR count). The second kappa shape index (κ2) is 6.07. The molecule has 1 aromatic carbocycles. The Morgan fingerprint density at radius 1 is 1.30 bits per heavy atom. The molecular weight excluding hydrogens is 252 g/mol. The average molecular weight is 274 g/mol. The molecule has 4 heteroatoms. The minimum atomic E-state index is 0.116. The Morgan fingerprint density at radius 2 is 1.95 bits per heavy atom. The Labute approximate surface area is 120 Å². The van der Waals surface area contributed by atoms with Gasteiger partial charge >= 0.3 is 0 Å². The van der Waals surface area contributed by atoms with Crippen LogP contribution in [0.1, 0.15) is 28.8 Å². The lowest BCUT2D eigenvalue weighted by molar-refractivity contribution is -0.133. The molecule has 0 aromatic heterocycles. The second-order valence-corrected chi connectivity index (χ2v) is 5.67. The molecule has 1 aliphatic heterocycles. The summed E-state index contributed by atoms with van der Waals surface area (Å²) in [6, 6.07) is 5.88. The van der Waals surface area contributed by atoms with E-state index in [4.69, 9.17) is 0 Å². The molecule has 108 valence electrons. The van der Waals surface area contributed by atoms with Crippen LogP contribution in [-0.2, 0) is 4.79 Å². The van der Waals surface area contributed by atoms with Crippen LogP contribution < -0.4 is 4.90 Å². The lowest BCUT2D eigenvalue weighted by Crippen LogP contribution is -2.40. The van der Waals surface area contributed by atoms with Gasteiger partial charge in [0.15, 0.2) is 6.29 Å². The molecule has 1 fully saturated rings. The standard InChI is InChI=1S/C16H22N2O2/c1-12-4-5-14(11-19)15(10-12)18-8-6-13(7-9-18)16(20)17(2)3/h4-5,10-11,13H,6-9H2,1-3H3. The van der Waals surface area contributed by atoms with Crippen LogP contribution in [0.15, 0.2) is 18.2 Å². The molecule has 1 aromatic rings. The van der Waals surface area contributed by atoms with Gasteiger partial charge in [0, 0.05) is 44.4 Å². The van der Waals surface area contributed by atoms with E-state index in [1.807, 2.05) is 19.1 Å². The number of nitrogens with zero attached hydrogens (tertiary/aromatic N) is 2. The van der Waals surface area contributed by atoms with Crippen molar-refractivity contribution >= 4 is 17.9 Å². The minimum Gasteiger partial charge on any atom is -0.371 e. The number of hydrogen-bond donors (Lipinski definition) is 0. The van der Waals surface area contributed by atoms with Gasteiger partial charge < -0.3 is 9.80 Å². The molecular formula is C16H22N2O2. The van der Waals surface area contributed by atoms with Crippen molar-refractivity contribution in [2.45, 2.75) is 19.8 Å². The number of anilines is 1. The summed E-state index contributed by atoms with van der Waals surface area (Å²) >= 11 is 0. The van der Waals surface area contributed by atoms with E-state index in [-0.39, 0.29) is 11.8 Å². The first-order chi connectivity index (χ1) is 9.52. The molecule has 0 N–H and O–H groups in total. The van der Waals surface area contributed by atoms with Crippen molar-refractivity contribution in [2.24, 2.45) is 5.92 Å². The Balaban J connectivity index is 2.09. The van der Waals surface area contributed by atoms with Gasteiger partial charge in [-0.05, 0) is 37.5 Å². The van der Waals surface area contributed by atoms with Crippen molar-refractivity contribution in [2.75, 3.05) is 32.1 Å². The molecule has 1 aliphatic rings. The molecule has 1 heterocycles. The van der Waals surface area contributed by atoms with Gasteiger partial charge in [-0.25, -0.2) is 0 Å². The highest BCUT2D eigenvalue weighted by Crippen LogP contribution is 2.27. The number of amides is 1. The van der Waals surface area contributed by atoms with Crippen molar-refractivity contribution in [1.29, 1.82) is 0 Å². The van der Waals surface area contributed by atoms with Crippen LogP contribution in [0.2, 0.25) is 0 Å². The highest BCUT2D eigenvalue weighted by Gasteiger charge is 2.26. The Kier molecular flexibility index (Phi) is 4.42. The summed E-state index contributed by atoms with van der Waals surface area (Å²) in [6.07, 6.45) is 2.61. The maximum atomic E-state index is 12.0. The van der Waals surface area contributed by atoms with Crippen LogP contribution in [-0.4, -0.2) is 44.3 Å². The van der Waals surface area contributed by atoms with Gasteiger partial charge in [-0.2, -0.15) is 0 Å². The monoisotopic (exact) mass is 274 g/mol. The van der Waals surface area contributed by atoms with Crippen LogP contribution in [0.25, 0.3) is 0 Å². The van der Waals surface area contributed by atoms with E-state index in [1.54, 1.807) is 19.0 Å². The van der Waals surface area contributed by atoms with Crippen molar-refractivity contribution in [3.8, 4) is 0 Å². The molecule has 4 nitrogen and oxygen atoms in total. The van der Waals surface area contributed by atoms with Crippen LogP contribution in [0.4, 0.5) is 5.69 Å². The van der Waals surface area contributed by atoms with Crippen LogP contribution in [0.5, 0.6) is 0 Å². The zero-order valence-corrected chi connectivity index (χ0v) is 12.4. The number of hydrogen-bond acceptors (Lipinski definition) is 3. The first-order valence-corrected chi connectivity index (χ1v) is 7.05. The normalized spacial score (nSPS) is 16.1. The molecule has 0 bridgehead atoms. The third kappa shape index (κ3) is 3.00. The maximum absolute atomic E-state index is 12.0. The van der Waals surface area contributed by atoms with E-state index in [2.05, 4.69) is 11.0 Å². The molecule has 1 saturated heterocycles. The van der Waals surface area contributed by atoms with E-state index in [0.29, 0.717) is 0 Å². The summed E-state index contributed by atoms with van der Waals surface area (Å²) in [5.41, 5.74) is 2.88. The Bertz CT molecular complexity index is 503. The lowest BCUT2D eigenvalue weighted by atomic mass is 9.94. The van der Waals surface area contributed by atoms with Gasteiger partial charge in [-0.3, -0.25) is 9.59 Å². The van der Waals surface area contributed by atoms with Gasteiger partial charge in [0.05, 0.1) is 0 Å². The first kappa shape index (κ1) is 14.6. The van der Waals surface area contributed by atoms with Crippen molar-refractivity contribution in [1.82, 2.24) is 4.90 Å². The van der Waals surface area contributed by atoms with E-state index < -0.39 is 0 Å². The number of aryl methyl sites for hydroxylation is 1. The van der Waals surface area contributed by atoms with Gasteiger partial charge in [0.1, 0.15) is 0 Å². The van der Waals surface area contributed by atoms with Crippen molar-refractivity contribution in [3.05, 3.63) is 29.3 Å². The molecule has 0 atom stereocenters. The zero-order valence-electron chi connectivity index (χ0n) is 12.4. The molecule has 0 spiro atoms. The van der Waals surface area contributed by atoms with Crippen LogP contribution in [0, 0.1) is 12.8 Å². The topological polar surface area (TPSA) is 40.6 Å². The van der Waals surface area contributed by atoms with Crippen LogP contribution in [0.3, 0.4) is 0 Å². The smallest absolute Gasteiger partial charge is 0.225 e. The van der Waals surface area contributed by atoms with Gasteiger partial charge in [-0.1, -0.05) is 6.07 Å². The van der Waals surface area contributed by atoms with Crippen LogP contribution >= 0.6 is 0 Å². The highest BCUT2D eigenvalue weighted by atomic mass is 16.2. The molecule has 0 aliphatic carbocycles. The fourth-order valence-corrected chi connectivity index (χ4v) is 2.76. The predicted molar refractivity (Wildman–Crippen MR) is 80.2 cm³/mol. The first-order valence-electron chi connectivity index (χ1n) is 7.05. The maximum Gasteiger partial charge on any atom is 0.225 e. The average Bonchev–Trinajstić information content (AvgIpc) is 2.46. The SMILES string of the molecule is Cc1ccc(C=O)c(N2CCC(C(=O)N(C)C)CC2)c1. The summed E-state index contributed by atoms with van der Waals surface area (Å²) < 4.78 is 0. The van der Waals surface area contributed by atoms with E-state index >= 15 is 0 Å². The Morgan fingerprint density at radius 3 is 2.50 bits per heavy atom. The fourth-order valence-electron chi connectivity index (χ4n) is 2.76. The van der Waals surface area contributed by atoms with E-state index in [9.17, 15) is 9.59 Å². The number of benzene rings is 1. The fraction of sp³-hybridized carbons (Fsp3) is 0.500. The predicted octanol–water partition coefficient (Wildman–Crippen LogP) is 2.11. The number of carbonyl (C=O) groups excluding carboxylic acids is 2. The molecule has 0 radical (unpaired) electrons. The quantitative estimate of drug-likeness (QED) is 0.793. The summed E-state index contributed by atoms with van der Waals surface area (Å²) in [5.74, 6) is 0.329. The van der Waals surface area contributed by atoms with Gasteiger partial charge in [0.2, 0.25) is 5.91 Å².